The molecule has 5 heteroatoms. The van der Waals surface area contributed by atoms with Crippen molar-refractivity contribution in [3.05, 3.63) is 59.8 Å². The van der Waals surface area contributed by atoms with Gasteiger partial charge in [0.2, 0.25) is 5.91 Å². The van der Waals surface area contributed by atoms with E-state index >= 15 is 0 Å². The standard InChI is InChI=1S/C18H16N4O/c1-13-2-5-15-12-20-22(17(15)10-13)9-8-18(23)21-16-6-3-14(11-19)4-7-16/h2-7,10,12H,8-9H2,1H3,(H,21,23). The fourth-order valence-corrected chi connectivity index (χ4v) is 2.42. The van der Waals surface area contributed by atoms with E-state index in [1.807, 2.05) is 36.0 Å². The number of hydrogen-bond acceptors (Lipinski definition) is 3. The van der Waals surface area contributed by atoms with Gasteiger partial charge in [-0.1, -0.05) is 12.1 Å². The molecule has 0 aliphatic carbocycles. The second-order valence-corrected chi connectivity index (χ2v) is 5.42. The summed E-state index contributed by atoms with van der Waals surface area (Å²) in [6.45, 7) is 2.56. The zero-order valence-electron chi connectivity index (χ0n) is 12.8. The van der Waals surface area contributed by atoms with Crippen LogP contribution in [-0.2, 0) is 11.3 Å². The summed E-state index contributed by atoms with van der Waals surface area (Å²) in [7, 11) is 0. The van der Waals surface area contributed by atoms with E-state index in [0.717, 1.165) is 10.9 Å². The van der Waals surface area contributed by atoms with Gasteiger partial charge in [-0.05, 0) is 42.8 Å². The molecular weight excluding hydrogens is 288 g/mol. The molecule has 0 aliphatic rings. The molecule has 3 rings (SSSR count). The number of carbonyl (C=O) groups excluding carboxylic acids is 1. The molecule has 0 spiro atoms. The predicted octanol–water partition coefficient (Wildman–Crippen LogP) is 3.25. The van der Waals surface area contributed by atoms with Crippen molar-refractivity contribution in [2.75, 3.05) is 5.32 Å². The van der Waals surface area contributed by atoms with Crippen LogP contribution in [0, 0.1) is 18.3 Å². The molecule has 3 aromatic rings. The number of carbonyl (C=O) groups is 1. The van der Waals surface area contributed by atoms with Gasteiger partial charge >= 0.3 is 0 Å². The quantitative estimate of drug-likeness (QED) is 0.804. The fourth-order valence-electron chi connectivity index (χ4n) is 2.42. The van der Waals surface area contributed by atoms with Gasteiger partial charge in [0.05, 0.1) is 29.9 Å². The van der Waals surface area contributed by atoms with Crippen molar-refractivity contribution in [3.8, 4) is 6.07 Å². The highest BCUT2D eigenvalue weighted by Crippen LogP contribution is 2.16. The molecule has 0 bridgehead atoms. The lowest BCUT2D eigenvalue weighted by atomic mass is 10.2. The first kappa shape index (κ1) is 14.8. The first-order chi connectivity index (χ1) is 11.2. The number of benzene rings is 2. The summed E-state index contributed by atoms with van der Waals surface area (Å²) >= 11 is 0. The minimum atomic E-state index is -0.0778. The highest BCUT2D eigenvalue weighted by molar-refractivity contribution is 5.90. The van der Waals surface area contributed by atoms with Crippen LogP contribution in [0.1, 0.15) is 17.5 Å². The lowest BCUT2D eigenvalue weighted by Gasteiger charge is -2.06. The maximum Gasteiger partial charge on any atom is 0.226 e. The molecule has 23 heavy (non-hydrogen) atoms. The van der Waals surface area contributed by atoms with Crippen molar-refractivity contribution in [2.45, 2.75) is 19.9 Å². The number of rotatable bonds is 4. The highest BCUT2D eigenvalue weighted by atomic mass is 16.1. The average molecular weight is 304 g/mol. The molecule has 114 valence electrons. The van der Waals surface area contributed by atoms with Crippen molar-refractivity contribution in [1.82, 2.24) is 9.78 Å². The summed E-state index contributed by atoms with van der Waals surface area (Å²) in [5, 5.41) is 17.0. The monoisotopic (exact) mass is 304 g/mol. The molecule has 0 aliphatic heterocycles. The van der Waals surface area contributed by atoms with Crippen LogP contribution in [-0.4, -0.2) is 15.7 Å². The van der Waals surface area contributed by atoms with E-state index in [0.29, 0.717) is 24.2 Å². The van der Waals surface area contributed by atoms with E-state index in [9.17, 15) is 4.79 Å². The minimum Gasteiger partial charge on any atom is -0.326 e. The van der Waals surface area contributed by atoms with Crippen LogP contribution in [0.15, 0.2) is 48.7 Å². The summed E-state index contributed by atoms with van der Waals surface area (Å²) < 4.78 is 1.85. The number of aryl methyl sites for hydroxylation is 2. The van der Waals surface area contributed by atoms with Crippen molar-refractivity contribution in [2.24, 2.45) is 0 Å². The number of nitriles is 1. The summed E-state index contributed by atoms with van der Waals surface area (Å²) in [6.07, 6.45) is 2.15. The van der Waals surface area contributed by atoms with Gasteiger partial charge < -0.3 is 5.32 Å². The lowest BCUT2D eigenvalue weighted by molar-refractivity contribution is -0.116. The van der Waals surface area contributed by atoms with E-state index in [1.165, 1.54) is 5.56 Å². The number of aromatic nitrogens is 2. The third kappa shape index (κ3) is 3.38. The van der Waals surface area contributed by atoms with Gasteiger partial charge in [-0.2, -0.15) is 10.4 Å². The Morgan fingerprint density at radius 1 is 1.26 bits per heavy atom. The maximum absolute atomic E-state index is 12.0. The Hall–Kier alpha value is -3.13. The Balaban J connectivity index is 1.63. The van der Waals surface area contributed by atoms with E-state index in [-0.39, 0.29) is 5.91 Å². The van der Waals surface area contributed by atoms with Crippen molar-refractivity contribution in [1.29, 1.82) is 5.26 Å². The van der Waals surface area contributed by atoms with E-state index < -0.39 is 0 Å². The fraction of sp³-hybridized carbons (Fsp3) is 0.167. The van der Waals surface area contributed by atoms with Crippen molar-refractivity contribution in [3.63, 3.8) is 0 Å². The van der Waals surface area contributed by atoms with Crippen LogP contribution in [0.2, 0.25) is 0 Å². The Morgan fingerprint density at radius 2 is 2.04 bits per heavy atom. The highest BCUT2D eigenvalue weighted by Gasteiger charge is 2.07. The van der Waals surface area contributed by atoms with Gasteiger partial charge in [0.25, 0.3) is 0 Å². The van der Waals surface area contributed by atoms with Crippen LogP contribution in [0.5, 0.6) is 0 Å². The first-order valence-electron chi connectivity index (χ1n) is 7.38. The van der Waals surface area contributed by atoms with Crippen LogP contribution in [0.25, 0.3) is 10.9 Å². The molecule has 1 N–H and O–H groups in total. The Kier molecular flexibility index (Phi) is 4.07. The van der Waals surface area contributed by atoms with Gasteiger partial charge in [-0.15, -0.1) is 0 Å². The molecular formula is C18H16N4O. The van der Waals surface area contributed by atoms with Crippen LogP contribution in [0.4, 0.5) is 5.69 Å². The largest absolute Gasteiger partial charge is 0.326 e. The molecule has 0 saturated carbocycles. The lowest BCUT2D eigenvalue weighted by Crippen LogP contribution is -2.15. The summed E-state index contributed by atoms with van der Waals surface area (Å²) in [5.74, 6) is -0.0778. The molecule has 0 atom stereocenters. The van der Waals surface area contributed by atoms with E-state index in [4.69, 9.17) is 5.26 Å². The van der Waals surface area contributed by atoms with Crippen LogP contribution < -0.4 is 5.32 Å². The second kappa shape index (κ2) is 6.32. The van der Waals surface area contributed by atoms with Crippen LogP contribution in [0.3, 0.4) is 0 Å². The van der Waals surface area contributed by atoms with Gasteiger partial charge in [0.1, 0.15) is 0 Å². The summed E-state index contributed by atoms with van der Waals surface area (Å²) in [5.41, 5.74) is 3.47. The number of hydrogen-bond donors (Lipinski definition) is 1. The summed E-state index contributed by atoms with van der Waals surface area (Å²) in [4.78, 5) is 12.0. The van der Waals surface area contributed by atoms with Crippen molar-refractivity contribution < 1.29 is 4.79 Å². The molecule has 1 amide bonds. The first-order valence-corrected chi connectivity index (χ1v) is 7.38. The molecule has 1 aromatic heterocycles. The summed E-state index contributed by atoms with van der Waals surface area (Å²) in [6, 6.07) is 15.0. The smallest absolute Gasteiger partial charge is 0.226 e. The van der Waals surface area contributed by atoms with Crippen molar-refractivity contribution >= 4 is 22.5 Å². The van der Waals surface area contributed by atoms with E-state index in [2.05, 4.69) is 16.5 Å². The normalized spacial score (nSPS) is 10.4. The molecule has 0 fully saturated rings. The zero-order valence-corrected chi connectivity index (χ0v) is 12.8. The molecule has 2 aromatic carbocycles. The Bertz CT molecular complexity index is 888. The number of amides is 1. The average Bonchev–Trinajstić information content (AvgIpc) is 2.96. The van der Waals surface area contributed by atoms with E-state index in [1.54, 1.807) is 24.3 Å². The molecule has 0 unspecified atom stereocenters. The van der Waals surface area contributed by atoms with Gasteiger partial charge in [-0.3, -0.25) is 9.48 Å². The third-order valence-electron chi connectivity index (χ3n) is 3.65. The van der Waals surface area contributed by atoms with Gasteiger partial charge in [0.15, 0.2) is 0 Å². The minimum absolute atomic E-state index is 0.0778. The molecule has 1 heterocycles. The number of nitrogens with zero attached hydrogens (tertiary/aromatic N) is 3. The van der Waals surface area contributed by atoms with Gasteiger partial charge in [-0.25, -0.2) is 0 Å². The zero-order chi connectivity index (χ0) is 16.2. The number of nitrogens with one attached hydrogen (secondary N) is 1. The second-order valence-electron chi connectivity index (χ2n) is 5.42. The number of anilines is 1. The molecule has 0 saturated heterocycles. The molecule has 0 radical (unpaired) electrons. The third-order valence-corrected chi connectivity index (χ3v) is 3.65. The molecule has 5 nitrogen and oxygen atoms in total. The number of fused-ring (bicyclic) bond motifs is 1. The Morgan fingerprint density at radius 3 is 2.78 bits per heavy atom. The predicted molar refractivity (Wildman–Crippen MR) is 88.9 cm³/mol. The van der Waals surface area contributed by atoms with Gasteiger partial charge in [0, 0.05) is 17.5 Å². The SMILES string of the molecule is Cc1ccc2cnn(CCC(=O)Nc3ccc(C#N)cc3)c2c1. The topological polar surface area (TPSA) is 70.7 Å². The Labute approximate surface area is 134 Å². The maximum atomic E-state index is 12.0. The van der Waals surface area contributed by atoms with Crippen LogP contribution >= 0.6 is 0 Å².